The van der Waals surface area contributed by atoms with Crippen LogP contribution in [0.5, 0.6) is 0 Å². The standard InChI is InChI=1S/C6H9N/c1-4-6(3)7-5-2/h4-5H,1-2H2,3H3. The maximum absolute atomic E-state index is 3.81. The number of nitrogens with zero attached hydrogens (tertiary/aromatic N) is 1. The first kappa shape index (κ1) is 6.15. The molecule has 0 amide bonds. The Balaban J connectivity index is 3.72. The van der Waals surface area contributed by atoms with Crippen molar-refractivity contribution in [3.8, 4) is 0 Å². The van der Waals surface area contributed by atoms with Crippen LogP contribution in [0.15, 0.2) is 30.4 Å². The predicted molar refractivity (Wildman–Crippen MR) is 33.5 cm³/mol. The summed E-state index contributed by atoms with van der Waals surface area (Å²) >= 11 is 0. The van der Waals surface area contributed by atoms with E-state index >= 15 is 0 Å². The molecular weight excluding hydrogens is 86.1 g/mol. The largest absolute Gasteiger partial charge is 0.262 e. The molecule has 0 aliphatic rings. The van der Waals surface area contributed by atoms with E-state index in [1.807, 2.05) is 6.92 Å². The van der Waals surface area contributed by atoms with Crippen LogP contribution in [0.25, 0.3) is 0 Å². The van der Waals surface area contributed by atoms with Crippen LogP contribution < -0.4 is 0 Å². The van der Waals surface area contributed by atoms with Crippen molar-refractivity contribution in [1.29, 1.82) is 0 Å². The molecule has 0 aliphatic carbocycles. The summed E-state index contributed by atoms with van der Waals surface area (Å²) in [5.74, 6) is 0. The highest BCUT2D eigenvalue weighted by Gasteiger charge is 1.70. The van der Waals surface area contributed by atoms with E-state index in [1.165, 1.54) is 6.20 Å². The number of hydrogen-bond donors (Lipinski definition) is 0. The van der Waals surface area contributed by atoms with Crippen molar-refractivity contribution < 1.29 is 0 Å². The molecule has 0 aromatic heterocycles. The summed E-state index contributed by atoms with van der Waals surface area (Å²) in [6.07, 6.45) is 3.18. The van der Waals surface area contributed by atoms with Crippen LogP contribution in [0.2, 0.25) is 0 Å². The Hall–Kier alpha value is -0.850. The summed E-state index contributed by atoms with van der Waals surface area (Å²) < 4.78 is 0. The molecule has 0 atom stereocenters. The van der Waals surface area contributed by atoms with Crippen molar-refractivity contribution >= 4 is 5.71 Å². The highest BCUT2D eigenvalue weighted by atomic mass is 14.7. The quantitative estimate of drug-likeness (QED) is 0.463. The van der Waals surface area contributed by atoms with Crippen LogP contribution in [-0.2, 0) is 0 Å². The molecule has 0 rings (SSSR count). The second-order valence-electron chi connectivity index (χ2n) is 1.16. The number of aliphatic imine (C=N–C) groups is 1. The second kappa shape index (κ2) is 3.34. The lowest BCUT2D eigenvalue weighted by molar-refractivity contribution is 1.56. The van der Waals surface area contributed by atoms with Crippen molar-refractivity contribution in [1.82, 2.24) is 0 Å². The third kappa shape index (κ3) is 2.97. The molecule has 0 aromatic carbocycles. The van der Waals surface area contributed by atoms with E-state index in [0.29, 0.717) is 0 Å². The summed E-state index contributed by atoms with van der Waals surface area (Å²) in [5, 5.41) is 0. The van der Waals surface area contributed by atoms with Gasteiger partial charge in [0.05, 0.1) is 0 Å². The molecule has 7 heavy (non-hydrogen) atoms. The van der Waals surface area contributed by atoms with Crippen molar-refractivity contribution in [3.05, 3.63) is 25.4 Å². The Morgan fingerprint density at radius 1 is 1.57 bits per heavy atom. The molecule has 0 radical (unpaired) electrons. The van der Waals surface area contributed by atoms with E-state index in [4.69, 9.17) is 0 Å². The zero-order valence-electron chi connectivity index (χ0n) is 4.52. The molecule has 0 aromatic rings. The van der Waals surface area contributed by atoms with E-state index in [1.54, 1.807) is 6.08 Å². The fourth-order valence-corrected chi connectivity index (χ4v) is 0.197. The van der Waals surface area contributed by atoms with Crippen LogP contribution in [0, 0.1) is 0 Å². The van der Waals surface area contributed by atoms with E-state index in [-0.39, 0.29) is 0 Å². The fraction of sp³-hybridized carbons (Fsp3) is 0.167. The zero-order valence-corrected chi connectivity index (χ0v) is 4.52. The molecule has 0 saturated carbocycles. The molecular formula is C6H9N. The molecule has 1 nitrogen and oxygen atoms in total. The SMILES string of the molecule is C=CN=C(C)C=C. The molecule has 38 valence electrons. The molecule has 0 aliphatic heterocycles. The summed E-state index contributed by atoms with van der Waals surface area (Å²) in [6, 6.07) is 0. The van der Waals surface area contributed by atoms with Crippen molar-refractivity contribution in [2.45, 2.75) is 6.92 Å². The number of hydrogen-bond acceptors (Lipinski definition) is 1. The second-order valence-corrected chi connectivity index (χ2v) is 1.16. The summed E-state index contributed by atoms with van der Waals surface area (Å²) in [5.41, 5.74) is 0.898. The molecule has 0 N–H and O–H groups in total. The van der Waals surface area contributed by atoms with E-state index < -0.39 is 0 Å². The summed E-state index contributed by atoms with van der Waals surface area (Å²) in [4.78, 5) is 3.81. The first-order chi connectivity index (χ1) is 3.31. The maximum atomic E-state index is 3.81. The van der Waals surface area contributed by atoms with Crippen LogP contribution in [0.4, 0.5) is 0 Å². The van der Waals surface area contributed by atoms with Crippen LogP contribution in [0.1, 0.15) is 6.92 Å². The van der Waals surface area contributed by atoms with Gasteiger partial charge in [0.2, 0.25) is 0 Å². The van der Waals surface area contributed by atoms with Crippen LogP contribution >= 0.6 is 0 Å². The lowest BCUT2D eigenvalue weighted by Crippen LogP contribution is -1.77. The van der Waals surface area contributed by atoms with Crippen LogP contribution in [0.3, 0.4) is 0 Å². The van der Waals surface area contributed by atoms with Gasteiger partial charge in [0, 0.05) is 11.9 Å². The Morgan fingerprint density at radius 2 is 2.14 bits per heavy atom. The zero-order chi connectivity index (χ0) is 5.70. The maximum Gasteiger partial charge on any atom is 0.0366 e. The Labute approximate surface area is 44.1 Å². The normalized spacial score (nSPS) is 10.7. The monoisotopic (exact) mass is 95.1 g/mol. The van der Waals surface area contributed by atoms with Crippen molar-refractivity contribution in [3.63, 3.8) is 0 Å². The third-order valence-corrected chi connectivity index (χ3v) is 0.590. The van der Waals surface area contributed by atoms with Gasteiger partial charge < -0.3 is 0 Å². The van der Waals surface area contributed by atoms with Crippen molar-refractivity contribution in [2.75, 3.05) is 0 Å². The Morgan fingerprint density at radius 3 is 2.29 bits per heavy atom. The highest BCUT2D eigenvalue weighted by molar-refractivity contribution is 5.92. The van der Waals surface area contributed by atoms with Gasteiger partial charge >= 0.3 is 0 Å². The third-order valence-electron chi connectivity index (χ3n) is 0.590. The lowest BCUT2D eigenvalue weighted by Gasteiger charge is -1.79. The van der Waals surface area contributed by atoms with Gasteiger partial charge in [0.1, 0.15) is 0 Å². The van der Waals surface area contributed by atoms with E-state index in [2.05, 4.69) is 18.2 Å². The van der Waals surface area contributed by atoms with Gasteiger partial charge in [0.25, 0.3) is 0 Å². The van der Waals surface area contributed by atoms with Gasteiger partial charge in [-0.25, -0.2) is 0 Å². The van der Waals surface area contributed by atoms with Gasteiger partial charge in [-0.2, -0.15) is 0 Å². The predicted octanol–water partition coefficient (Wildman–Crippen LogP) is 1.78. The molecule has 0 bridgehead atoms. The minimum absolute atomic E-state index is 0.898. The van der Waals surface area contributed by atoms with Gasteiger partial charge in [-0.05, 0) is 13.0 Å². The van der Waals surface area contributed by atoms with Gasteiger partial charge in [-0.3, -0.25) is 4.99 Å². The Kier molecular flexibility index (Phi) is 2.94. The van der Waals surface area contributed by atoms with Gasteiger partial charge in [-0.15, -0.1) is 0 Å². The Bertz CT molecular complexity index is 101. The first-order valence-electron chi connectivity index (χ1n) is 2.09. The van der Waals surface area contributed by atoms with Gasteiger partial charge in [-0.1, -0.05) is 13.2 Å². The minimum Gasteiger partial charge on any atom is -0.262 e. The highest BCUT2D eigenvalue weighted by Crippen LogP contribution is 1.76. The molecule has 0 heterocycles. The average molecular weight is 95.1 g/mol. The first-order valence-corrected chi connectivity index (χ1v) is 2.09. The minimum atomic E-state index is 0.898. The van der Waals surface area contributed by atoms with Crippen LogP contribution in [-0.4, -0.2) is 5.71 Å². The molecule has 0 saturated heterocycles. The molecule has 1 heteroatoms. The smallest absolute Gasteiger partial charge is 0.0366 e. The lowest BCUT2D eigenvalue weighted by atomic mass is 10.4. The van der Waals surface area contributed by atoms with E-state index in [9.17, 15) is 0 Å². The average Bonchev–Trinajstić information content (AvgIpc) is 1.68. The van der Waals surface area contributed by atoms with Crippen molar-refractivity contribution in [2.24, 2.45) is 4.99 Å². The molecule has 0 unspecified atom stereocenters. The topological polar surface area (TPSA) is 12.4 Å². The molecule has 0 fully saturated rings. The van der Waals surface area contributed by atoms with Gasteiger partial charge in [0.15, 0.2) is 0 Å². The van der Waals surface area contributed by atoms with E-state index in [0.717, 1.165) is 5.71 Å². The number of rotatable bonds is 2. The summed E-state index contributed by atoms with van der Waals surface area (Å²) in [6.45, 7) is 8.78. The molecule has 0 spiro atoms. The fourth-order valence-electron chi connectivity index (χ4n) is 0.197. The summed E-state index contributed by atoms with van der Waals surface area (Å²) in [7, 11) is 0. The number of allylic oxidation sites excluding steroid dienone is 1.